The quantitative estimate of drug-likeness (QED) is 0.599. The van der Waals surface area contributed by atoms with Gasteiger partial charge in [0.2, 0.25) is 0 Å². The molecule has 0 unspecified atom stereocenters. The topological polar surface area (TPSA) is 66.8 Å². The summed E-state index contributed by atoms with van der Waals surface area (Å²) in [5.74, 6) is -7.19. The molecule has 2 N–H and O–H groups in total. The predicted molar refractivity (Wildman–Crippen MR) is 90.4 cm³/mol. The molecule has 4 nitrogen and oxygen atoms in total. The molecule has 0 heterocycles. The Kier molecular flexibility index (Phi) is 5.89. The average Bonchev–Trinajstić information content (AvgIpc) is 2.59. The van der Waals surface area contributed by atoms with E-state index in [0.717, 1.165) is 31.4 Å². The minimum atomic E-state index is -1.21. The van der Waals surface area contributed by atoms with E-state index in [1.807, 2.05) is 0 Å². The maximum absolute atomic E-state index is 14.1. The van der Waals surface area contributed by atoms with Crippen molar-refractivity contribution in [1.29, 1.82) is 0 Å². The summed E-state index contributed by atoms with van der Waals surface area (Å²) in [5, 5.41) is 18.7. The molecule has 0 aromatic heterocycles. The van der Waals surface area contributed by atoms with E-state index in [-0.39, 0.29) is 5.56 Å². The van der Waals surface area contributed by atoms with Crippen molar-refractivity contribution in [1.82, 2.24) is 0 Å². The first-order chi connectivity index (χ1) is 12.7. The second kappa shape index (κ2) is 7.94. The minimum absolute atomic E-state index is 0.195. The van der Waals surface area contributed by atoms with Crippen molar-refractivity contribution >= 4 is 17.9 Å². The van der Waals surface area contributed by atoms with Crippen LogP contribution in [-0.2, 0) is 4.79 Å². The molecule has 0 saturated carbocycles. The van der Waals surface area contributed by atoms with Crippen LogP contribution in [0.4, 0.5) is 17.6 Å². The Morgan fingerprint density at radius 3 is 1.93 bits per heavy atom. The molecule has 2 aromatic carbocycles. The first kappa shape index (κ1) is 20.0. The zero-order valence-electron chi connectivity index (χ0n) is 14.2. The van der Waals surface area contributed by atoms with Crippen molar-refractivity contribution in [3.8, 4) is 17.2 Å². The first-order valence-corrected chi connectivity index (χ1v) is 7.50. The second-order valence-corrected chi connectivity index (χ2v) is 5.44. The number of hydrogen-bond acceptors (Lipinski definition) is 4. The number of methoxy groups -OCH3 is 1. The van der Waals surface area contributed by atoms with E-state index in [2.05, 4.69) is 4.74 Å². The van der Waals surface area contributed by atoms with Gasteiger partial charge in [-0.1, -0.05) is 0 Å². The van der Waals surface area contributed by atoms with Gasteiger partial charge < -0.3 is 14.9 Å². The van der Waals surface area contributed by atoms with Gasteiger partial charge >= 0.3 is 0 Å². The number of ether oxygens (including phenoxy) is 1. The Morgan fingerprint density at radius 1 is 0.926 bits per heavy atom. The van der Waals surface area contributed by atoms with Crippen LogP contribution < -0.4 is 4.74 Å². The maximum atomic E-state index is 14.1. The molecule has 142 valence electrons. The zero-order valence-corrected chi connectivity index (χ0v) is 14.2. The molecule has 0 aliphatic carbocycles. The van der Waals surface area contributed by atoms with Gasteiger partial charge in [0.1, 0.15) is 23.2 Å². The van der Waals surface area contributed by atoms with Crippen LogP contribution in [0.25, 0.3) is 12.2 Å². The normalized spacial score (nSPS) is 11.5. The summed E-state index contributed by atoms with van der Waals surface area (Å²) in [6, 6.07) is 1.32. The second-order valence-electron chi connectivity index (χ2n) is 5.44. The Hall–Kier alpha value is -3.29. The molecule has 0 spiro atoms. The smallest absolute Gasteiger partial charge is 0.197 e. The summed E-state index contributed by atoms with van der Waals surface area (Å²) >= 11 is 0. The third-order valence-corrected chi connectivity index (χ3v) is 3.69. The van der Waals surface area contributed by atoms with Crippen LogP contribution in [0.3, 0.4) is 0 Å². The van der Waals surface area contributed by atoms with Crippen LogP contribution in [0.2, 0.25) is 0 Å². The molecule has 0 bridgehead atoms. The highest BCUT2D eigenvalue weighted by Gasteiger charge is 2.17. The van der Waals surface area contributed by atoms with Crippen LogP contribution in [0.15, 0.2) is 24.3 Å². The molecule has 0 fully saturated rings. The predicted octanol–water partition coefficient (Wildman–Crippen LogP) is 4.27. The number of hydrogen-bond donors (Lipinski definition) is 2. The summed E-state index contributed by atoms with van der Waals surface area (Å²) in [6.07, 6.45) is 3.21. The van der Waals surface area contributed by atoms with Crippen molar-refractivity contribution in [3.05, 3.63) is 64.2 Å². The number of phenolic OH excluding ortho intramolecular Hbond substituents is 2. The third kappa shape index (κ3) is 4.11. The van der Waals surface area contributed by atoms with Gasteiger partial charge in [-0.25, -0.2) is 17.6 Å². The molecule has 0 saturated heterocycles. The first-order valence-electron chi connectivity index (χ1n) is 7.50. The van der Waals surface area contributed by atoms with Crippen LogP contribution in [-0.4, -0.2) is 23.1 Å². The summed E-state index contributed by atoms with van der Waals surface area (Å²) in [6.45, 7) is 1.23. The van der Waals surface area contributed by atoms with E-state index in [0.29, 0.717) is 12.1 Å². The van der Waals surface area contributed by atoms with E-state index < -0.39 is 57.4 Å². The van der Waals surface area contributed by atoms with Gasteiger partial charge in [-0.05, 0) is 31.2 Å². The van der Waals surface area contributed by atoms with Crippen molar-refractivity contribution in [2.45, 2.75) is 6.92 Å². The SMILES string of the molecule is COc1c(O)cc(F)c(/C=C/C(=O)/C=C/c2c(F)cc(O)c(C)c2F)c1F. The number of halogens is 4. The fraction of sp³-hybridized carbons (Fsp3) is 0.105. The van der Waals surface area contributed by atoms with E-state index >= 15 is 0 Å². The van der Waals surface area contributed by atoms with Gasteiger partial charge in [0, 0.05) is 23.3 Å². The number of carbonyl (C=O) groups excluding carboxylic acids is 1. The van der Waals surface area contributed by atoms with Crippen molar-refractivity contribution in [2.24, 2.45) is 0 Å². The monoisotopic (exact) mass is 382 g/mol. The van der Waals surface area contributed by atoms with Crippen LogP contribution in [0, 0.1) is 30.2 Å². The highest BCUT2D eigenvalue weighted by atomic mass is 19.1. The van der Waals surface area contributed by atoms with Crippen molar-refractivity contribution < 1.29 is 37.3 Å². The molecule has 2 aromatic rings. The number of rotatable bonds is 5. The lowest BCUT2D eigenvalue weighted by Gasteiger charge is -2.07. The van der Waals surface area contributed by atoms with Gasteiger partial charge in [0.05, 0.1) is 12.7 Å². The van der Waals surface area contributed by atoms with Crippen molar-refractivity contribution in [2.75, 3.05) is 7.11 Å². The van der Waals surface area contributed by atoms with Gasteiger partial charge in [-0.15, -0.1) is 0 Å². The van der Waals surface area contributed by atoms with Crippen LogP contribution in [0.5, 0.6) is 17.2 Å². The lowest BCUT2D eigenvalue weighted by Crippen LogP contribution is -1.96. The summed E-state index contributed by atoms with van der Waals surface area (Å²) in [5.41, 5.74) is -1.38. The number of phenols is 2. The Morgan fingerprint density at radius 2 is 1.41 bits per heavy atom. The molecule has 0 aliphatic heterocycles. The van der Waals surface area contributed by atoms with E-state index in [4.69, 9.17) is 0 Å². The molecular formula is C19H14F4O4. The number of allylic oxidation sites excluding steroid dienone is 2. The lowest BCUT2D eigenvalue weighted by molar-refractivity contribution is -0.110. The molecule has 0 amide bonds. The van der Waals surface area contributed by atoms with E-state index in [1.54, 1.807) is 0 Å². The summed E-state index contributed by atoms with van der Waals surface area (Å²) in [4.78, 5) is 11.8. The van der Waals surface area contributed by atoms with Crippen molar-refractivity contribution in [3.63, 3.8) is 0 Å². The minimum Gasteiger partial charge on any atom is -0.507 e. The summed E-state index contributed by atoms with van der Waals surface area (Å²) < 4.78 is 60.1. The Labute approximate surface area is 151 Å². The lowest BCUT2D eigenvalue weighted by atomic mass is 10.1. The molecule has 27 heavy (non-hydrogen) atoms. The van der Waals surface area contributed by atoms with E-state index in [1.165, 1.54) is 6.92 Å². The Bertz CT molecular complexity index is 965. The third-order valence-electron chi connectivity index (χ3n) is 3.69. The highest BCUT2D eigenvalue weighted by Crippen LogP contribution is 2.33. The zero-order chi connectivity index (χ0) is 20.3. The van der Waals surface area contributed by atoms with E-state index in [9.17, 15) is 32.6 Å². The fourth-order valence-corrected chi connectivity index (χ4v) is 2.21. The molecule has 0 aliphatic rings. The van der Waals surface area contributed by atoms with Crippen LogP contribution >= 0.6 is 0 Å². The molecular weight excluding hydrogens is 368 g/mol. The number of aromatic hydroxyl groups is 2. The van der Waals surface area contributed by atoms with Gasteiger partial charge in [-0.2, -0.15) is 0 Å². The number of carbonyl (C=O) groups is 1. The number of ketones is 1. The average molecular weight is 382 g/mol. The Balaban J connectivity index is 2.30. The molecule has 8 heteroatoms. The molecule has 2 rings (SSSR count). The summed E-state index contributed by atoms with van der Waals surface area (Å²) in [7, 11) is 1.07. The largest absolute Gasteiger partial charge is 0.507 e. The number of benzene rings is 2. The maximum Gasteiger partial charge on any atom is 0.197 e. The highest BCUT2D eigenvalue weighted by molar-refractivity contribution is 6.04. The fourth-order valence-electron chi connectivity index (χ4n) is 2.21. The van der Waals surface area contributed by atoms with Crippen LogP contribution in [0.1, 0.15) is 16.7 Å². The molecule has 0 radical (unpaired) electrons. The van der Waals surface area contributed by atoms with Gasteiger partial charge in [0.15, 0.2) is 23.1 Å². The van der Waals surface area contributed by atoms with Gasteiger partial charge in [0.25, 0.3) is 0 Å². The molecule has 0 atom stereocenters. The van der Waals surface area contributed by atoms with Gasteiger partial charge in [-0.3, -0.25) is 4.79 Å². The standard InChI is InChI=1S/C19H14F4O4/c1-9-15(25)7-13(20)11(17(9)22)5-3-10(24)4-6-12-14(21)8-16(26)19(27-2)18(12)23/h3-8,25-26H,1-2H3/b5-3+,6-4+.